The Morgan fingerprint density at radius 2 is 1.96 bits per heavy atom. The normalized spacial score (nSPS) is 10.3. The quantitative estimate of drug-likeness (QED) is 0.623. The summed E-state index contributed by atoms with van der Waals surface area (Å²) in [5, 5.41) is 5.27. The first-order chi connectivity index (χ1) is 11.8. The number of benzene rings is 2. The molecular weight excluding hydrogens is 461 g/mol. The lowest BCUT2D eigenvalue weighted by Gasteiger charge is -2.13. The minimum atomic E-state index is -0.868. The molecule has 0 saturated carbocycles. The summed E-state index contributed by atoms with van der Waals surface area (Å²) in [6, 6.07) is 6.28. The minimum absolute atomic E-state index is 0.103. The zero-order chi connectivity index (χ0) is 18.6. The van der Waals surface area contributed by atoms with Gasteiger partial charge in [-0.15, -0.1) is 0 Å². The van der Waals surface area contributed by atoms with Crippen LogP contribution in [0.2, 0.25) is 10.0 Å². The van der Waals surface area contributed by atoms with E-state index in [0.717, 1.165) is 6.07 Å². The van der Waals surface area contributed by atoms with Gasteiger partial charge in [0.25, 0.3) is 5.91 Å². The smallest absolute Gasteiger partial charge is 0.264 e. The molecule has 10 heteroatoms. The number of thiocarbonyl (C=S) groups is 1. The van der Waals surface area contributed by atoms with Crippen LogP contribution in [-0.4, -0.2) is 17.6 Å². The lowest BCUT2D eigenvalue weighted by molar-refractivity contribution is -0.121. The molecule has 0 aliphatic carbocycles. The molecule has 2 N–H and O–H groups in total. The Hall–Kier alpha value is -1.48. The van der Waals surface area contributed by atoms with Gasteiger partial charge in [-0.3, -0.25) is 10.1 Å². The van der Waals surface area contributed by atoms with Gasteiger partial charge in [-0.2, -0.15) is 0 Å². The third kappa shape index (κ3) is 5.78. The van der Waals surface area contributed by atoms with Gasteiger partial charge in [0.2, 0.25) is 0 Å². The highest BCUT2D eigenvalue weighted by Crippen LogP contribution is 2.28. The second kappa shape index (κ2) is 8.75. The molecule has 0 saturated heterocycles. The second-order valence-corrected chi connectivity index (χ2v) is 6.72. The maximum absolute atomic E-state index is 13.7. The van der Waals surface area contributed by atoms with Crippen LogP contribution < -0.4 is 15.4 Å². The third-order valence-electron chi connectivity index (χ3n) is 2.75. The molecule has 0 heterocycles. The molecule has 0 aliphatic rings. The summed E-state index contributed by atoms with van der Waals surface area (Å²) >= 11 is 19.6. The van der Waals surface area contributed by atoms with Gasteiger partial charge in [-0.25, -0.2) is 8.78 Å². The summed E-state index contributed by atoms with van der Waals surface area (Å²) in [5.41, 5.74) is -0.103. The Bertz CT molecular complexity index is 816. The van der Waals surface area contributed by atoms with Gasteiger partial charge in [0.1, 0.15) is 11.6 Å². The summed E-state index contributed by atoms with van der Waals surface area (Å²) < 4.78 is 32.1. The molecule has 2 aromatic rings. The number of carbonyl (C=O) groups is 1. The molecule has 132 valence electrons. The van der Waals surface area contributed by atoms with Gasteiger partial charge < -0.3 is 10.1 Å². The SMILES string of the molecule is O=C(COc1ccc(Cl)cc1Cl)NC(=S)Nc1c(F)cc(F)cc1Br. The topological polar surface area (TPSA) is 50.4 Å². The number of ether oxygens (including phenoxy) is 1. The number of hydrogen-bond donors (Lipinski definition) is 2. The zero-order valence-corrected chi connectivity index (χ0v) is 16.1. The molecule has 0 aliphatic heterocycles. The van der Waals surface area contributed by atoms with E-state index in [9.17, 15) is 13.6 Å². The van der Waals surface area contributed by atoms with E-state index in [1.54, 1.807) is 6.07 Å². The molecule has 0 aromatic heterocycles. The van der Waals surface area contributed by atoms with Crippen LogP contribution >= 0.6 is 51.3 Å². The summed E-state index contributed by atoms with van der Waals surface area (Å²) in [7, 11) is 0. The first kappa shape index (κ1) is 19.8. The lowest BCUT2D eigenvalue weighted by atomic mass is 10.3. The van der Waals surface area contributed by atoms with Crippen molar-refractivity contribution < 1.29 is 18.3 Å². The number of nitrogens with one attached hydrogen (secondary N) is 2. The highest BCUT2D eigenvalue weighted by atomic mass is 79.9. The predicted molar refractivity (Wildman–Crippen MR) is 100 cm³/mol. The van der Waals surface area contributed by atoms with E-state index in [2.05, 4.69) is 26.6 Å². The first-order valence-electron chi connectivity index (χ1n) is 6.59. The van der Waals surface area contributed by atoms with Crippen molar-refractivity contribution in [3.8, 4) is 5.75 Å². The molecule has 2 aromatic carbocycles. The van der Waals surface area contributed by atoms with E-state index < -0.39 is 17.5 Å². The van der Waals surface area contributed by atoms with Crippen LogP contribution in [0, 0.1) is 11.6 Å². The van der Waals surface area contributed by atoms with Crippen LogP contribution in [-0.2, 0) is 4.79 Å². The zero-order valence-electron chi connectivity index (χ0n) is 12.2. The fraction of sp³-hybridized carbons (Fsp3) is 0.0667. The summed E-state index contributed by atoms with van der Waals surface area (Å²) in [4.78, 5) is 11.8. The Morgan fingerprint density at radius 1 is 1.24 bits per heavy atom. The van der Waals surface area contributed by atoms with Gasteiger partial charge >= 0.3 is 0 Å². The van der Waals surface area contributed by atoms with Crippen molar-refractivity contribution in [2.45, 2.75) is 0 Å². The van der Waals surface area contributed by atoms with Crippen LogP contribution in [0.3, 0.4) is 0 Å². The van der Waals surface area contributed by atoms with Crippen molar-refractivity contribution in [1.29, 1.82) is 0 Å². The summed E-state index contributed by atoms with van der Waals surface area (Å²) in [6.07, 6.45) is 0. The minimum Gasteiger partial charge on any atom is -0.482 e. The molecule has 0 fully saturated rings. The number of rotatable bonds is 4. The molecule has 4 nitrogen and oxygen atoms in total. The fourth-order valence-corrected chi connectivity index (χ4v) is 2.89. The van der Waals surface area contributed by atoms with E-state index in [4.69, 9.17) is 40.2 Å². The highest BCUT2D eigenvalue weighted by Gasteiger charge is 2.13. The van der Waals surface area contributed by atoms with Crippen LogP contribution in [0.1, 0.15) is 0 Å². The summed E-state index contributed by atoms with van der Waals surface area (Å²) in [5.74, 6) is -1.94. The summed E-state index contributed by atoms with van der Waals surface area (Å²) in [6.45, 7) is -0.379. The maximum Gasteiger partial charge on any atom is 0.264 e. The number of halogens is 5. The molecule has 0 radical (unpaired) electrons. The molecule has 1 amide bonds. The molecule has 0 unspecified atom stereocenters. The van der Waals surface area contributed by atoms with Crippen LogP contribution in [0.25, 0.3) is 0 Å². The fourth-order valence-electron chi connectivity index (χ4n) is 1.70. The molecular formula is C15H9BrCl2F2N2O2S. The van der Waals surface area contributed by atoms with Crippen molar-refractivity contribution in [3.05, 3.63) is 56.5 Å². The lowest BCUT2D eigenvalue weighted by Crippen LogP contribution is -2.37. The van der Waals surface area contributed by atoms with Gasteiger partial charge in [-0.05, 0) is 52.4 Å². The Labute approximate surface area is 165 Å². The van der Waals surface area contributed by atoms with Crippen molar-refractivity contribution >= 4 is 68.1 Å². The van der Waals surface area contributed by atoms with E-state index >= 15 is 0 Å². The van der Waals surface area contributed by atoms with E-state index in [-0.39, 0.29) is 32.7 Å². The Kier molecular flexibility index (Phi) is 6.95. The number of amides is 1. The predicted octanol–water partition coefficient (Wildman–Crippen LogP) is 4.93. The van der Waals surface area contributed by atoms with E-state index in [0.29, 0.717) is 11.1 Å². The van der Waals surface area contributed by atoms with Gasteiger partial charge in [0, 0.05) is 15.6 Å². The van der Waals surface area contributed by atoms with Gasteiger partial charge in [-0.1, -0.05) is 23.2 Å². The molecule has 0 bridgehead atoms. The van der Waals surface area contributed by atoms with Crippen LogP contribution in [0.5, 0.6) is 5.75 Å². The van der Waals surface area contributed by atoms with Crippen molar-refractivity contribution in [2.75, 3.05) is 11.9 Å². The average Bonchev–Trinajstić information content (AvgIpc) is 2.50. The highest BCUT2D eigenvalue weighted by molar-refractivity contribution is 9.10. The standard InChI is InChI=1S/C15H9BrCl2F2N2O2S/c16-9-4-8(19)5-11(20)14(9)22-15(25)21-13(23)6-24-12-2-1-7(17)3-10(12)18/h1-5H,6H2,(H2,21,22,23,25). The van der Waals surface area contributed by atoms with Crippen LogP contribution in [0.15, 0.2) is 34.8 Å². The average molecular weight is 470 g/mol. The molecule has 0 spiro atoms. The van der Waals surface area contributed by atoms with E-state index in [1.165, 1.54) is 12.1 Å². The van der Waals surface area contributed by atoms with Crippen molar-refractivity contribution in [1.82, 2.24) is 5.32 Å². The van der Waals surface area contributed by atoms with Gasteiger partial charge in [0.05, 0.1) is 10.7 Å². The largest absolute Gasteiger partial charge is 0.482 e. The molecule has 2 rings (SSSR count). The maximum atomic E-state index is 13.7. The van der Waals surface area contributed by atoms with Crippen LogP contribution in [0.4, 0.5) is 14.5 Å². The van der Waals surface area contributed by atoms with E-state index in [1.807, 2.05) is 0 Å². The number of anilines is 1. The monoisotopic (exact) mass is 468 g/mol. The number of hydrogen-bond acceptors (Lipinski definition) is 3. The molecule has 0 atom stereocenters. The van der Waals surface area contributed by atoms with Gasteiger partial charge in [0.15, 0.2) is 17.5 Å². The Balaban J connectivity index is 1.91. The third-order valence-corrected chi connectivity index (χ3v) is 4.11. The second-order valence-electron chi connectivity index (χ2n) is 4.61. The van der Waals surface area contributed by atoms with Crippen molar-refractivity contribution in [3.63, 3.8) is 0 Å². The Morgan fingerprint density at radius 3 is 2.60 bits per heavy atom. The number of carbonyl (C=O) groups excluding carboxylic acids is 1. The first-order valence-corrected chi connectivity index (χ1v) is 8.55. The molecule has 25 heavy (non-hydrogen) atoms. The van der Waals surface area contributed by atoms with Crippen molar-refractivity contribution in [2.24, 2.45) is 0 Å².